The fourth-order valence-electron chi connectivity index (χ4n) is 2.83. The maximum Gasteiger partial charge on any atom is 0.254 e. The highest BCUT2D eigenvalue weighted by atomic mass is 16.5. The lowest BCUT2D eigenvalue weighted by Gasteiger charge is -2.35. The van der Waals surface area contributed by atoms with E-state index >= 15 is 0 Å². The van der Waals surface area contributed by atoms with E-state index in [0.29, 0.717) is 12.0 Å². The molecule has 1 aromatic carbocycles. The predicted molar refractivity (Wildman–Crippen MR) is 82.6 cm³/mol. The molecule has 21 heavy (non-hydrogen) atoms. The van der Waals surface area contributed by atoms with Crippen molar-refractivity contribution in [1.82, 2.24) is 4.90 Å². The molecule has 1 heterocycles. The Hall–Kier alpha value is -1.55. The van der Waals surface area contributed by atoms with Crippen molar-refractivity contribution in [3.8, 4) is 5.75 Å². The Bertz CT molecular complexity index is 454. The SMILES string of the molecule is CC(C)Oc1ccc(C(=O)N2CCCCC2CCO)cc1. The number of benzene rings is 1. The third-order valence-corrected chi connectivity index (χ3v) is 3.82. The second-order valence-corrected chi connectivity index (χ2v) is 5.85. The molecule has 1 N–H and O–H groups in total. The first kappa shape index (κ1) is 15.8. The van der Waals surface area contributed by atoms with Gasteiger partial charge in [-0.25, -0.2) is 0 Å². The summed E-state index contributed by atoms with van der Waals surface area (Å²) >= 11 is 0. The van der Waals surface area contributed by atoms with Gasteiger partial charge >= 0.3 is 0 Å². The molecule has 4 nitrogen and oxygen atoms in total. The summed E-state index contributed by atoms with van der Waals surface area (Å²) in [4.78, 5) is 14.5. The highest BCUT2D eigenvalue weighted by Gasteiger charge is 2.26. The van der Waals surface area contributed by atoms with E-state index in [2.05, 4.69) is 0 Å². The first-order valence-corrected chi connectivity index (χ1v) is 7.80. The summed E-state index contributed by atoms with van der Waals surface area (Å²) in [6.07, 6.45) is 3.96. The van der Waals surface area contributed by atoms with Gasteiger partial charge < -0.3 is 14.7 Å². The summed E-state index contributed by atoms with van der Waals surface area (Å²) in [6.45, 7) is 4.88. The minimum absolute atomic E-state index is 0.0595. The van der Waals surface area contributed by atoms with Crippen LogP contribution in [0.5, 0.6) is 5.75 Å². The summed E-state index contributed by atoms with van der Waals surface area (Å²) in [5, 5.41) is 9.15. The molecule has 116 valence electrons. The second-order valence-electron chi connectivity index (χ2n) is 5.85. The Morgan fingerprint density at radius 1 is 1.33 bits per heavy atom. The number of nitrogens with zero attached hydrogens (tertiary/aromatic N) is 1. The topological polar surface area (TPSA) is 49.8 Å². The fourth-order valence-corrected chi connectivity index (χ4v) is 2.83. The summed E-state index contributed by atoms with van der Waals surface area (Å²) < 4.78 is 5.60. The molecule has 1 atom stereocenters. The molecule has 0 spiro atoms. The number of carbonyl (C=O) groups is 1. The number of likely N-dealkylation sites (tertiary alicyclic amines) is 1. The first-order chi connectivity index (χ1) is 10.1. The van der Waals surface area contributed by atoms with Crippen LogP contribution in [-0.4, -0.2) is 41.2 Å². The smallest absolute Gasteiger partial charge is 0.254 e. The van der Waals surface area contributed by atoms with Crippen LogP contribution in [0.1, 0.15) is 49.9 Å². The van der Waals surface area contributed by atoms with Gasteiger partial charge in [-0.1, -0.05) is 0 Å². The maximum absolute atomic E-state index is 12.6. The molecule has 0 bridgehead atoms. The summed E-state index contributed by atoms with van der Waals surface area (Å²) in [7, 11) is 0. The van der Waals surface area contributed by atoms with Gasteiger partial charge in [0.15, 0.2) is 0 Å². The molecule has 4 heteroatoms. The average molecular weight is 291 g/mol. The summed E-state index contributed by atoms with van der Waals surface area (Å²) in [5.41, 5.74) is 0.691. The lowest BCUT2D eigenvalue weighted by atomic mass is 9.98. The van der Waals surface area contributed by atoms with E-state index in [4.69, 9.17) is 9.84 Å². The highest BCUT2D eigenvalue weighted by molar-refractivity contribution is 5.94. The molecule has 1 aromatic rings. The van der Waals surface area contributed by atoms with Crippen molar-refractivity contribution in [1.29, 1.82) is 0 Å². The van der Waals surface area contributed by atoms with Crippen LogP contribution in [-0.2, 0) is 0 Å². The van der Waals surface area contributed by atoms with Crippen LogP contribution in [0, 0.1) is 0 Å². The summed E-state index contributed by atoms with van der Waals surface area (Å²) in [5.74, 6) is 0.844. The van der Waals surface area contributed by atoms with E-state index in [9.17, 15) is 4.79 Å². The Labute approximate surface area is 126 Å². The molecule has 0 aromatic heterocycles. The minimum Gasteiger partial charge on any atom is -0.491 e. The van der Waals surface area contributed by atoms with Gasteiger partial charge in [-0.15, -0.1) is 0 Å². The van der Waals surface area contributed by atoms with Crippen molar-refractivity contribution in [3.05, 3.63) is 29.8 Å². The van der Waals surface area contributed by atoms with Gasteiger partial charge in [0.2, 0.25) is 0 Å². The van der Waals surface area contributed by atoms with E-state index in [1.165, 1.54) is 0 Å². The molecular formula is C17H25NO3. The van der Waals surface area contributed by atoms with Crippen LogP contribution in [0.15, 0.2) is 24.3 Å². The number of aliphatic hydroxyl groups excluding tert-OH is 1. The van der Waals surface area contributed by atoms with Crippen LogP contribution in [0.25, 0.3) is 0 Å². The Balaban J connectivity index is 2.07. The largest absolute Gasteiger partial charge is 0.491 e. The Morgan fingerprint density at radius 3 is 2.67 bits per heavy atom. The molecule has 0 radical (unpaired) electrons. The Kier molecular flexibility index (Phi) is 5.62. The molecule has 1 aliphatic rings. The van der Waals surface area contributed by atoms with Crippen molar-refractivity contribution in [2.75, 3.05) is 13.2 Å². The second kappa shape index (κ2) is 7.46. The fraction of sp³-hybridized carbons (Fsp3) is 0.588. The standard InChI is InChI=1S/C17H25NO3/c1-13(2)21-16-8-6-14(7-9-16)17(20)18-11-4-3-5-15(18)10-12-19/h6-9,13,15,19H,3-5,10-12H2,1-2H3. The van der Waals surface area contributed by atoms with E-state index in [1.54, 1.807) is 0 Å². The first-order valence-electron chi connectivity index (χ1n) is 7.80. The number of aliphatic hydroxyl groups is 1. The van der Waals surface area contributed by atoms with Crippen molar-refractivity contribution < 1.29 is 14.6 Å². The quantitative estimate of drug-likeness (QED) is 0.907. The third-order valence-electron chi connectivity index (χ3n) is 3.82. The van der Waals surface area contributed by atoms with E-state index < -0.39 is 0 Å². The van der Waals surface area contributed by atoms with Gasteiger partial charge in [0, 0.05) is 24.8 Å². The van der Waals surface area contributed by atoms with Gasteiger partial charge in [0.05, 0.1) is 6.10 Å². The molecule has 0 saturated carbocycles. The number of carbonyl (C=O) groups excluding carboxylic acids is 1. The van der Waals surface area contributed by atoms with Crippen molar-refractivity contribution in [2.45, 2.75) is 51.7 Å². The molecule has 1 aliphatic heterocycles. The molecule has 2 rings (SSSR count). The number of hydrogen-bond donors (Lipinski definition) is 1. The monoisotopic (exact) mass is 291 g/mol. The summed E-state index contributed by atoms with van der Waals surface area (Å²) in [6, 6.07) is 7.51. The average Bonchev–Trinajstić information content (AvgIpc) is 2.48. The molecular weight excluding hydrogens is 266 g/mol. The van der Waals surface area contributed by atoms with E-state index in [-0.39, 0.29) is 24.7 Å². The zero-order valence-electron chi connectivity index (χ0n) is 12.9. The minimum atomic E-state index is 0.0595. The highest BCUT2D eigenvalue weighted by Crippen LogP contribution is 2.23. The zero-order chi connectivity index (χ0) is 15.2. The van der Waals surface area contributed by atoms with Crippen LogP contribution < -0.4 is 4.74 Å². The van der Waals surface area contributed by atoms with Crippen LogP contribution in [0.3, 0.4) is 0 Å². The van der Waals surface area contributed by atoms with Gasteiger partial charge in [0.25, 0.3) is 5.91 Å². The maximum atomic E-state index is 12.6. The molecule has 1 unspecified atom stereocenters. The lowest BCUT2D eigenvalue weighted by Crippen LogP contribution is -2.44. The van der Waals surface area contributed by atoms with Crippen molar-refractivity contribution >= 4 is 5.91 Å². The molecule has 1 fully saturated rings. The van der Waals surface area contributed by atoms with E-state index in [1.807, 2.05) is 43.0 Å². The van der Waals surface area contributed by atoms with Crippen molar-refractivity contribution in [2.24, 2.45) is 0 Å². The lowest BCUT2D eigenvalue weighted by molar-refractivity contribution is 0.0574. The van der Waals surface area contributed by atoms with Gasteiger partial charge in [-0.05, 0) is 63.8 Å². The van der Waals surface area contributed by atoms with E-state index in [0.717, 1.165) is 31.6 Å². The van der Waals surface area contributed by atoms with Gasteiger partial charge in [-0.2, -0.15) is 0 Å². The molecule has 0 aliphatic carbocycles. The molecule has 1 saturated heterocycles. The zero-order valence-corrected chi connectivity index (χ0v) is 12.9. The normalized spacial score (nSPS) is 18.9. The number of ether oxygens (including phenoxy) is 1. The number of rotatable bonds is 5. The van der Waals surface area contributed by atoms with Gasteiger partial charge in [-0.3, -0.25) is 4.79 Å². The van der Waals surface area contributed by atoms with Gasteiger partial charge in [0.1, 0.15) is 5.75 Å². The van der Waals surface area contributed by atoms with Crippen LogP contribution in [0.2, 0.25) is 0 Å². The predicted octanol–water partition coefficient (Wildman–Crippen LogP) is 2.85. The van der Waals surface area contributed by atoms with Crippen LogP contribution >= 0.6 is 0 Å². The van der Waals surface area contributed by atoms with Crippen molar-refractivity contribution in [3.63, 3.8) is 0 Å². The molecule has 1 amide bonds. The van der Waals surface area contributed by atoms with Crippen LogP contribution in [0.4, 0.5) is 0 Å². The number of hydrogen-bond acceptors (Lipinski definition) is 3. The third kappa shape index (κ3) is 4.21. The number of piperidine rings is 1. The number of amides is 1. The Morgan fingerprint density at radius 2 is 2.05 bits per heavy atom.